The fraction of sp³-hybridized carbons (Fsp3) is 0.206. The zero-order chi connectivity index (χ0) is 33.6. The molecule has 1 amide bonds. The molecular weight excluding hydrogens is 661 g/mol. The number of anilines is 4. The maximum absolute atomic E-state index is 11.3. The molecule has 0 unspecified atom stereocenters. The molecule has 7 aromatic rings. The molecule has 0 bridgehead atoms. The van der Waals surface area contributed by atoms with Gasteiger partial charge >= 0.3 is 0 Å². The van der Waals surface area contributed by atoms with Crippen molar-refractivity contribution >= 4 is 72.0 Å². The summed E-state index contributed by atoms with van der Waals surface area (Å²) in [7, 11) is 0. The number of aromatic nitrogens is 7. The minimum absolute atomic E-state index is 0. The van der Waals surface area contributed by atoms with Crippen molar-refractivity contribution in [3.8, 4) is 22.9 Å². The molecule has 15 heteroatoms. The lowest BCUT2D eigenvalue weighted by atomic mass is 10.1. The van der Waals surface area contributed by atoms with E-state index in [-0.39, 0.29) is 7.43 Å². The van der Waals surface area contributed by atoms with Gasteiger partial charge in [-0.25, -0.2) is 24.9 Å². The molecule has 0 aliphatic rings. The number of rotatable bonds is 10. The molecule has 0 saturated heterocycles. The van der Waals surface area contributed by atoms with Crippen LogP contribution in [0.2, 0.25) is 0 Å². The number of carbonyl (C=O) groups excluding carboxylic acids is 1. The molecular formula is C34H36N10O3S2. The van der Waals surface area contributed by atoms with E-state index in [4.69, 9.17) is 15.2 Å². The summed E-state index contributed by atoms with van der Waals surface area (Å²) < 4.78 is 11.4. The van der Waals surface area contributed by atoms with Gasteiger partial charge in [0.05, 0.1) is 35.4 Å². The number of aryl methyl sites for hydroxylation is 2. The first-order chi connectivity index (χ1) is 23.4. The van der Waals surface area contributed by atoms with Crippen LogP contribution >= 0.6 is 22.7 Å². The third-order valence-corrected chi connectivity index (χ3v) is 9.16. The van der Waals surface area contributed by atoms with Crippen molar-refractivity contribution in [2.45, 2.75) is 35.1 Å². The van der Waals surface area contributed by atoms with E-state index in [9.17, 15) is 4.79 Å². The van der Waals surface area contributed by atoms with Crippen molar-refractivity contribution in [1.29, 1.82) is 0 Å². The Hall–Kier alpha value is -5.67. The molecule has 13 nitrogen and oxygen atoms in total. The highest BCUT2D eigenvalue weighted by Crippen LogP contribution is 2.36. The second kappa shape index (κ2) is 15.5. The molecule has 5 aromatic heterocycles. The molecule has 252 valence electrons. The van der Waals surface area contributed by atoms with Crippen LogP contribution in [0.25, 0.3) is 31.8 Å². The molecule has 0 spiro atoms. The summed E-state index contributed by atoms with van der Waals surface area (Å²) in [6.45, 7) is 8.96. The Morgan fingerprint density at radius 2 is 1.33 bits per heavy atom. The number of hydrogen-bond acceptors (Lipinski definition) is 13. The molecule has 2 aromatic carbocycles. The molecule has 0 aliphatic heterocycles. The lowest BCUT2D eigenvalue weighted by Gasteiger charge is -2.13. The van der Waals surface area contributed by atoms with Gasteiger partial charge in [0.1, 0.15) is 51.8 Å². The van der Waals surface area contributed by atoms with E-state index in [2.05, 4.69) is 58.1 Å². The smallest absolute Gasteiger partial charge is 0.248 e. The van der Waals surface area contributed by atoms with E-state index in [1.165, 1.54) is 12.7 Å². The van der Waals surface area contributed by atoms with E-state index in [1.807, 2.05) is 44.4 Å². The van der Waals surface area contributed by atoms with E-state index >= 15 is 0 Å². The maximum atomic E-state index is 11.3. The summed E-state index contributed by atoms with van der Waals surface area (Å²) in [5.74, 6) is 2.99. The van der Waals surface area contributed by atoms with E-state index in [1.54, 1.807) is 47.2 Å². The van der Waals surface area contributed by atoms with E-state index in [0.717, 1.165) is 60.1 Å². The number of aromatic amines is 1. The lowest BCUT2D eigenvalue weighted by Crippen LogP contribution is -2.11. The monoisotopic (exact) mass is 696 g/mol. The number of nitrogens with two attached hydrogens (primary N) is 1. The Bertz CT molecular complexity index is 2200. The third kappa shape index (κ3) is 7.58. The van der Waals surface area contributed by atoms with Gasteiger partial charge in [0.15, 0.2) is 5.82 Å². The van der Waals surface area contributed by atoms with Crippen LogP contribution in [0.15, 0.2) is 66.1 Å². The number of thiophene rings is 2. The van der Waals surface area contributed by atoms with Crippen molar-refractivity contribution in [1.82, 2.24) is 35.1 Å². The molecule has 5 N–H and O–H groups in total. The van der Waals surface area contributed by atoms with Gasteiger partial charge in [0.25, 0.3) is 0 Å². The Morgan fingerprint density at radius 1 is 0.776 bits per heavy atom. The minimum atomic E-state index is -0.490. The number of nitrogens with zero attached hydrogens (tertiary/aromatic N) is 6. The fourth-order valence-corrected chi connectivity index (χ4v) is 6.71. The third-order valence-electron chi connectivity index (χ3n) is 7.15. The first kappa shape index (κ1) is 34.7. The first-order valence-electron chi connectivity index (χ1n) is 15.0. The molecule has 0 fully saturated rings. The van der Waals surface area contributed by atoms with Gasteiger partial charge in [-0.1, -0.05) is 7.43 Å². The number of ether oxygens (including phenoxy) is 2. The SMILES string of the molecule is C.CCOc1cc(-c2ncn[nH]2)ccc1Nc1ncnc2scc(C)c12.CCOc1cc(C(N)=O)ccc1Nc1ncnc2scc(C)c12. The summed E-state index contributed by atoms with van der Waals surface area (Å²) in [5, 5.41) is 19.6. The number of hydrogen-bond donors (Lipinski definition) is 4. The number of benzene rings is 2. The van der Waals surface area contributed by atoms with Gasteiger partial charge in [-0.15, -0.1) is 22.7 Å². The van der Waals surface area contributed by atoms with Crippen LogP contribution in [0.1, 0.15) is 42.8 Å². The average molecular weight is 697 g/mol. The highest BCUT2D eigenvalue weighted by Gasteiger charge is 2.15. The summed E-state index contributed by atoms with van der Waals surface area (Å²) in [6.07, 6.45) is 4.58. The van der Waals surface area contributed by atoms with Crippen LogP contribution in [0.5, 0.6) is 11.5 Å². The molecule has 0 aliphatic carbocycles. The zero-order valence-corrected chi connectivity index (χ0v) is 28.2. The fourth-order valence-electron chi connectivity index (χ4n) is 4.93. The molecule has 0 saturated carbocycles. The first-order valence-corrected chi connectivity index (χ1v) is 16.7. The normalized spacial score (nSPS) is 10.6. The predicted octanol–water partition coefficient (Wildman–Crippen LogP) is 7.80. The molecule has 49 heavy (non-hydrogen) atoms. The number of amides is 1. The van der Waals surface area contributed by atoms with E-state index < -0.39 is 5.91 Å². The number of H-pyrrole nitrogens is 1. The number of primary amides is 1. The van der Waals surface area contributed by atoms with Crippen LogP contribution in [-0.2, 0) is 0 Å². The molecule has 5 heterocycles. The van der Waals surface area contributed by atoms with Crippen LogP contribution in [0.4, 0.5) is 23.0 Å². The average Bonchev–Trinajstić information content (AvgIpc) is 3.85. The predicted molar refractivity (Wildman–Crippen MR) is 197 cm³/mol. The topological polar surface area (TPSA) is 179 Å². The van der Waals surface area contributed by atoms with Crippen molar-refractivity contribution in [3.05, 3.63) is 82.8 Å². The van der Waals surface area contributed by atoms with Crippen molar-refractivity contribution in [3.63, 3.8) is 0 Å². The Labute approximate surface area is 291 Å². The number of nitrogens with one attached hydrogen (secondary N) is 3. The van der Waals surface area contributed by atoms with Crippen molar-refractivity contribution in [2.24, 2.45) is 5.73 Å². The molecule has 0 radical (unpaired) electrons. The summed E-state index contributed by atoms with van der Waals surface area (Å²) in [6, 6.07) is 10.9. The van der Waals surface area contributed by atoms with Crippen LogP contribution < -0.4 is 25.8 Å². The van der Waals surface area contributed by atoms with Crippen LogP contribution in [0.3, 0.4) is 0 Å². The Morgan fingerprint density at radius 3 is 1.84 bits per heavy atom. The Kier molecular flexibility index (Phi) is 11.0. The second-order valence-electron chi connectivity index (χ2n) is 10.4. The summed E-state index contributed by atoms with van der Waals surface area (Å²) in [4.78, 5) is 34.8. The standard InChI is InChI=1S/C17H16N6OS.C16H16N4O2S.CH4/c1-3-24-13-6-11(15-19-9-21-23-15)4-5-12(13)22-16-14-10(2)7-25-17(14)20-8-18-16;1-3-22-12-6-10(14(17)21)4-5-11(12)20-15-13-9(2)7-23-16(13)19-8-18-15;/h4-9H,3H2,1-2H3,(H,18,20,22)(H,19,21,23);4-8H,3H2,1-2H3,(H2,17,21)(H,18,19,20);1H4. The van der Waals surface area contributed by atoms with E-state index in [0.29, 0.717) is 36.2 Å². The van der Waals surface area contributed by atoms with Gasteiger partial charge < -0.3 is 25.8 Å². The summed E-state index contributed by atoms with van der Waals surface area (Å²) >= 11 is 3.19. The van der Waals surface area contributed by atoms with Gasteiger partial charge in [-0.3, -0.25) is 9.89 Å². The second-order valence-corrected chi connectivity index (χ2v) is 12.1. The largest absolute Gasteiger partial charge is 0.492 e. The Balaban J connectivity index is 0.000000188. The van der Waals surface area contributed by atoms with Crippen LogP contribution in [0, 0.1) is 13.8 Å². The minimum Gasteiger partial charge on any atom is -0.492 e. The lowest BCUT2D eigenvalue weighted by molar-refractivity contribution is 0.1000. The van der Waals surface area contributed by atoms with Crippen molar-refractivity contribution in [2.75, 3.05) is 23.8 Å². The number of fused-ring (bicyclic) bond motifs is 2. The number of carbonyl (C=O) groups is 1. The quantitative estimate of drug-likeness (QED) is 0.110. The van der Waals surface area contributed by atoms with Crippen molar-refractivity contribution < 1.29 is 14.3 Å². The molecule has 0 atom stereocenters. The highest BCUT2D eigenvalue weighted by molar-refractivity contribution is 7.17. The highest BCUT2D eigenvalue weighted by atomic mass is 32.1. The molecule has 7 rings (SSSR count). The zero-order valence-electron chi connectivity index (χ0n) is 26.6. The van der Waals surface area contributed by atoms with Gasteiger partial charge in [0, 0.05) is 11.1 Å². The maximum Gasteiger partial charge on any atom is 0.248 e. The van der Waals surface area contributed by atoms with Gasteiger partial charge in [0.2, 0.25) is 5.91 Å². The summed E-state index contributed by atoms with van der Waals surface area (Å²) in [5.41, 5.74) is 10.5. The van der Waals surface area contributed by atoms with Gasteiger partial charge in [-0.05, 0) is 86.0 Å². The van der Waals surface area contributed by atoms with Gasteiger partial charge in [-0.2, -0.15) is 5.10 Å². The van der Waals surface area contributed by atoms with Crippen LogP contribution in [-0.4, -0.2) is 54.2 Å².